The first kappa shape index (κ1) is 16.2. The molecular weight excluding hydrogens is 298 g/mol. The molecule has 0 amide bonds. The maximum Gasteiger partial charge on any atom is 0.122 e. The summed E-state index contributed by atoms with van der Waals surface area (Å²) in [6, 6.07) is 14.3. The van der Waals surface area contributed by atoms with E-state index in [1.807, 2.05) is 48.1 Å². The highest BCUT2D eigenvalue weighted by Crippen LogP contribution is 2.25. The second-order valence-electron chi connectivity index (χ2n) is 5.90. The van der Waals surface area contributed by atoms with Gasteiger partial charge in [0.25, 0.3) is 0 Å². The van der Waals surface area contributed by atoms with Gasteiger partial charge in [0.1, 0.15) is 5.75 Å². The Bertz CT molecular complexity index is 809. The van der Waals surface area contributed by atoms with Crippen LogP contribution in [0.3, 0.4) is 0 Å². The van der Waals surface area contributed by atoms with Crippen LogP contribution in [0, 0.1) is 13.8 Å². The van der Waals surface area contributed by atoms with Crippen molar-refractivity contribution in [3.63, 3.8) is 0 Å². The van der Waals surface area contributed by atoms with Crippen LogP contribution < -0.4 is 4.74 Å². The Labute approximate surface area is 143 Å². The van der Waals surface area contributed by atoms with Gasteiger partial charge < -0.3 is 4.74 Å². The Balaban J connectivity index is 1.70. The van der Waals surface area contributed by atoms with Crippen LogP contribution in [0.1, 0.15) is 29.3 Å². The molecule has 0 aliphatic rings. The van der Waals surface area contributed by atoms with E-state index in [2.05, 4.69) is 36.3 Å². The van der Waals surface area contributed by atoms with E-state index < -0.39 is 0 Å². The molecule has 0 spiro atoms. The molecular formula is C20H23N3O. The van der Waals surface area contributed by atoms with Gasteiger partial charge in [-0.1, -0.05) is 29.5 Å². The maximum absolute atomic E-state index is 5.66. The minimum Gasteiger partial charge on any atom is -0.494 e. The third kappa shape index (κ3) is 3.48. The summed E-state index contributed by atoms with van der Waals surface area (Å²) >= 11 is 0. The van der Waals surface area contributed by atoms with E-state index in [1.165, 1.54) is 16.7 Å². The molecule has 0 aliphatic carbocycles. The van der Waals surface area contributed by atoms with Crippen molar-refractivity contribution in [3.8, 4) is 11.4 Å². The van der Waals surface area contributed by atoms with Gasteiger partial charge in [-0.15, -0.1) is 5.10 Å². The van der Waals surface area contributed by atoms with Crippen LogP contribution in [-0.4, -0.2) is 21.6 Å². The molecule has 1 aromatic heterocycles. The molecule has 0 N–H and O–H groups in total. The highest BCUT2D eigenvalue weighted by Gasteiger charge is 2.09. The van der Waals surface area contributed by atoms with Crippen molar-refractivity contribution in [1.82, 2.24) is 15.0 Å². The fourth-order valence-corrected chi connectivity index (χ4v) is 2.82. The standard InChI is InChI=1S/C20H23N3O/c1-4-24-20-13-11-17(15(2)16(20)3)10-12-18-14-23(22-21-18)19-8-6-5-7-9-19/h5-9,11,13-14H,4,10,12H2,1-3H3. The highest BCUT2D eigenvalue weighted by molar-refractivity contribution is 5.43. The molecule has 0 fully saturated rings. The maximum atomic E-state index is 5.66. The Morgan fingerprint density at radius 3 is 2.50 bits per heavy atom. The van der Waals surface area contributed by atoms with Crippen molar-refractivity contribution in [1.29, 1.82) is 0 Å². The summed E-state index contributed by atoms with van der Waals surface area (Å²) in [6.07, 6.45) is 3.83. The summed E-state index contributed by atoms with van der Waals surface area (Å²) in [4.78, 5) is 0. The van der Waals surface area contributed by atoms with Gasteiger partial charge in [-0.05, 0) is 68.5 Å². The summed E-state index contributed by atoms with van der Waals surface area (Å²) in [6.45, 7) is 6.99. The van der Waals surface area contributed by atoms with Crippen molar-refractivity contribution >= 4 is 0 Å². The smallest absolute Gasteiger partial charge is 0.122 e. The monoisotopic (exact) mass is 321 g/mol. The summed E-state index contributed by atoms with van der Waals surface area (Å²) < 4.78 is 7.49. The zero-order valence-electron chi connectivity index (χ0n) is 14.5. The van der Waals surface area contributed by atoms with E-state index in [0.29, 0.717) is 6.61 Å². The van der Waals surface area contributed by atoms with Gasteiger partial charge in [-0.25, -0.2) is 4.68 Å². The number of para-hydroxylation sites is 1. The van der Waals surface area contributed by atoms with E-state index in [9.17, 15) is 0 Å². The first-order valence-electron chi connectivity index (χ1n) is 8.37. The van der Waals surface area contributed by atoms with Crippen LogP contribution in [0.2, 0.25) is 0 Å². The first-order chi connectivity index (χ1) is 11.7. The Hall–Kier alpha value is -2.62. The molecule has 1 heterocycles. The molecule has 0 unspecified atom stereocenters. The number of hydrogen-bond acceptors (Lipinski definition) is 3. The van der Waals surface area contributed by atoms with Crippen LogP contribution in [0.25, 0.3) is 5.69 Å². The predicted molar refractivity (Wildman–Crippen MR) is 95.9 cm³/mol. The Kier molecular flexibility index (Phi) is 4.94. The molecule has 0 saturated heterocycles. The first-order valence-corrected chi connectivity index (χ1v) is 8.37. The molecule has 0 radical (unpaired) electrons. The van der Waals surface area contributed by atoms with Crippen molar-refractivity contribution in [2.24, 2.45) is 0 Å². The second-order valence-corrected chi connectivity index (χ2v) is 5.90. The largest absolute Gasteiger partial charge is 0.494 e. The molecule has 3 rings (SSSR count). The average Bonchev–Trinajstić information content (AvgIpc) is 3.08. The summed E-state index contributed by atoms with van der Waals surface area (Å²) in [5, 5.41) is 8.52. The number of benzene rings is 2. The SMILES string of the molecule is CCOc1ccc(CCc2cn(-c3ccccc3)nn2)c(C)c1C. The molecule has 0 aliphatic heterocycles. The number of ether oxygens (including phenoxy) is 1. The second kappa shape index (κ2) is 7.30. The highest BCUT2D eigenvalue weighted by atomic mass is 16.5. The summed E-state index contributed by atoms with van der Waals surface area (Å²) in [7, 11) is 0. The van der Waals surface area contributed by atoms with Crippen LogP contribution in [0.5, 0.6) is 5.75 Å². The zero-order chi connectivity index (χ0) is 16.9. The molecule has 4 nitrogen and oxygen atoms in total. The van der Waals surface area contributed by atoms with Crippen molar-refractivity contribution in [3.05, 3.63) is 71.0 Å². The molecule has 4 heteroatoms. The normalized spacial score (nSPS) is 10.8. The molecule has 0 atom stereocenters. The van der Waals surface area contributed by atoms with Crippen molar-refractivity contribution in [2.75, 3.05) is 6.61 Å². The van der Waals surface area contributed by atoms with E-state index in [4.69, 9.17) is 4.74 Å². The third-order valence-corrected chi connectivity index (χ3v) is 4.36. The fraction of sp³-hybridized carbons (Fsp3) is 0.300. The minimum absolute atomic E-state index is 0.697. The average molecular weight is 321 g/mol. The van der Waals surface area contributed by atoms with Gasteiger partial charge >= 0.3 is 0 Å². The van der Waals surface area contributed by atoms with Crippen molar-refractivity contribution < 1.29 is 4.74 Å². The van der Waals surface area contributed by atoms with Crippen LogP contribution in [-0.2, 0) is 12.8 Å². The van der Waals surface area contributed by atoms with Gasteiger partial charge in [0.2, 0.25) is 0 Å². The molecule has 0 saturated carbocycles. The van der Waals surface area contributed by atoms with Gasteiger partial charge in [0.05, 0.1) is 24.2 Å². The lowest BCUT2D eigenvalue weighted by atomic mass is 9.98. The predicted octanol–water partition coefficient (Wildman–Crippen LogP) is 4.07. The van der Waals surface area contributed by atoms with E-state index in [-0.39, 0.29) is 0 Å². The van der Waals surface area contributed by atoms with E-state index >= 15 is 0 Å². The fourth-order valence-electron chi connectivity index (χ4n) is 2.82. The Morgan fingerprint density at radius 1 is 0.958 bits per heavy atom. The van der Waals surface area contributed by atoms with E-state index in [0.717, 1.165) is 30.0 Å². The lowest BCUT2D eigenvalue weighted by molar-refractivity contribution is 0.337. The van der Waals surface area contributed by atoms with Crippen LogP contribution in [0.4, 0.5) is 0 Å². The lowest BCUT2D eigenvalue weighted by Crippen LogP contribution is -2.00. The third-order valence-electron chi connectivity index (χ3n) is 4.36. The number of nitrogens with zero attached hydrogens (tertiary/aromatic N) is 3. The van der Waals surface area contributed by atoms with Gasteiger partial charge in [-0.2, -0.15) is 0 Å². The number of aryl methyl sites for hydroxylation is 2. The van der Waals surface area contributed by atoms with Crippen molar-refractivity contribution in [2.45, 2.75) is 33.6 Å². The molecule has 2 aromatic carbocycles. The molecule has 124 valence electrons. The minimum atomic E-state index is 0.697. The number of hydrogen-bond donors (Lipinski definition) is 0. The lowest BCUT2D eigenvalue weighted by Gasteiger charge is -2.13. The van der Waals surface area contributed by atoms with Gasteiger partial charge in [0, 0.05) is 0 Å². The number of rotatable bonds is 6. The topological polar surface area (TPSA) is 39.9 Å². The zero-order valence-corrected chi connectivity index (χ0v) is 14.5. The van der Waals surface area contributed by atoms with Gasteiger partial charge in [0.15, 0.2) is 0 Å². The van der Waals surface area contributed by atoms with Crippen LogP contribution >= 0.6 is 0 Å². The molecule has 24 heavy (non-hydrogen) atoms. The van der Waals surface area contributed by atoms with Gasteiger partial charge in [-0.3, -0.25) is 0 Å². The molecule has 3 aromatic rings. The van der Waals surface area contributed by atoms with E-state index in [1.54, 1.807) is 0 Å². The summed E-state index contributed by atoms with van der Waals surface area (Å²) in [5.41, 5.74) is 5.90. The number of aromatic nitrogens is 3. The quantitative estimate of drug-likeness (QED) is 0.687. The molecule has 0 bridgehead atoms. The Morgan fingerprint density at radius 2 is 1.75 bits per heavy atom. The summed E-state index contributed by atoms with van der Waals surface area (Å²) in [5.74, 6) is 0.980. The van der Waals surface area contributed by atoms with Crippen LogP contribution in [0.15, 0.2) is 48.7 Å².